The van der Waals surface area contributed by atoms with Gasteiger partial charge < -0.3 is 0 Å². The van der Waals surface area contributed by atoms with Crippen LogP contribution in [0.4, 0.5) is 0 Å². The van der Waals surface area contributed by atoms with E-state index in [2.05, 4.69) is 40.4 Å². The van der Waals surface area contributed by atoms with E-state index in [4.69, 9.17) is 4.98 Å². The Morgan fingerprint density at radius 3 is 2.54 bits per heavy atom. The summed E-state index contributed by atoms with van der Waals surface area (Å²) in [6.45, 7) is 8.37. The highest BCUT2D eigenvalue weighted by molar-refractivity contribution is 5.78. The van der Waals surface area contributed by atoms with Crippen molar-refractivity contribution in [3.63, 3.8) is 0 Å². The van der Waals surface area contributed by atoms with Crippen LogP contribution in [-0.4, -0.2) is 34.6 Å². The van der Waals surface area contributed by atoms with Gasteiger partial charge in [0.1, 0.15) is 0 Å². The van der Waals surface area contributed by atoms with Crippen LogP contribution in [0.5, 0.6) is 0 Å². The Morgan fingerprint density at radius 2 is 1.85 bits per heavy atom. The van der Waals surface area contributed by atoms with E-state index >= 15 is 0 Å². The molecular formula is C19H25N7. The maximum absolute atomic E-state index is 4.84. The topological polar surface area (TPSA) is 76.7 Å². The van der Waals surface area contributed by atoms with Gasteiger partial charge in [0.25, 0.3) is 0 Å². The molecule has 4 aromatic rings. The maximum atomic E-state index is 4.84. The maximum Gasteiger partial charge on any atom is 0.0999 e. The normalized spacial score (nSPS) is 11.0. The molecular weight excluding hydrogens is 326 g/mol. The van der Waals surface area contributed by atoms with Crippen molar-refractivity contribution in [2.75, 3.05) is 0 Å². The third-order valence-corrected chi connectivity index (χ3v) is 4.38. The van der Waals surface area contributed by atoms with Gasteiger partial charge in [-0.1, -0.05) is 27.7 Å². The van der Waals surface area contributed by atoms with Gasteiger partial charge in [0, 0.05) is 23.5 Å². The van der Waals surface area contributed by atoms with Crippen LogP contribution < -0.4 is 0 Å². The molecule has 0 atom stereocenters. The summed E-state index contributed by atoms with van der Waals surface area (Å²) < 4.78 is 3.88. The number of rotatable bonds is 5. The van der Waals surface area contributed by atoms with E-state index in [9.17, 15) is 0 Å². The minimum Gasteiger partial charge on any atom is -0.285 e. The molecule has 4 rings (SSSR count). The summed E-state index contributed by atoms with van der Waals surface area (Å²) in [5.41, 5.74) is 4.60. The Labute approximate surface area is 153 Å². The predicted molar refractivity (Wildman–Crippen MR) is 103 cm³/mol. The van der Waals surface area contributed by atoms with Crippen LogP contribution in [0.2, 0.25) is 0 Å². The molecule has 7 nitrogen and oxygen atoms in total. The number of fused-ring (bicyclic) bond motifs is 1. The van der Waals surface area contributed by atoms with Crippen LogP contribution in [0.1, 0.15) is 46.6 Å². The van der Waals surface area contributed by atoms with Crippen molar-refractivity contribution in [2.24, 2.45) is 0 Å². The molecule has 0 aromatic carbocycles. The van der Waals surface area contributed by atoms with Gasteiger partial charge in [0.05, 0.1) is 47.7 Å². The Balaban J connectivity index is 0.000000948. The first-order valence-electron chi connectivity index (χ1n) is 9.18. The molecule has 0 aliphatic heterocycles. The van der Waals surface area contributed by atoms with Crippen LogP contribution in [0, 0.1) is 0 Å². The SMILES string of the molecule is CC.CCC(CC)n1cc(-c2nc(-c3cn[nH]c3)cn3nccc23)cn1. The number of nitrogens with one attached hydrogen (secondary N) is 1. The zero-order valence-corrected chi connectivity index (χ0v) is 15.7. The van der Waals surface area contributed by atoms with Crippen LogP contribution in [-0.2, 0) is 0 Å². The molecule has 0 saturated carbocycles. The van der Waals surface area contributed by atoms with Crippen molar-refractivity contribution in [2.45, 2.75) is 46.6 Å². The van der Waals surface area contributed by atoms with Gasteiger partial charge in [-0.25, -0.2) is 9.50 Å². The number of hydrogen-bond acceptors (Lipinski definition) is 4. The molecule has 0 spiro atoms. The summed E-state index contributed by atoms with van der Waals surface area (Å²) in [6, 6.07) is 2.38. The Hall–Kier alpha value is -2.96. The largest absolute Gasteiger partial charge is 0.285 e. The molecule has 136 valence electrons. The first-order chi connectivity index (χ1) is 12.8. The molecule has 4 heterocycles. The summed E-state index contributed by atoms with van der Waals surface area (Å²) in [6.07, 6.45) is 13.4. The number of H-pyrrole nitrogens is 1. The van der Waals surface area contributed by atoms with Crippen molar-refractivity contribution in [1.82, 2.24) is 34.6 Å². The van der Waals surface area contributed by atoms with Crippen molar-refractivity contribution in [3.05, 3.63) is 43.2 Å². The van der Waals surface area contributed by atoms with E-state index in [1.165, 1.54) is 0 Å². The van der Waals surface area contributed by atoms with Crippen LogP contribution in [0.15, 0.2) is 43.2 Å². The molecule has 0 amide bonds. The fraction of sp³-hybridized carbons (Fsp3) is 0.368. The van der Waals surface area contributed by atoms with Gasteiger partial charge in [-0.15, -0.1) is 0 Å². The average molecular weight is 351 g/mol. The quantitative estimate of drug-likeness (QED) is 0.579. The minimum absolute atomic E-state index is 0.414. The molecule has 0 aliphatic carbocycles. The molecule has 0 fully saturated rings. The molecule has 26 heavy (non-hydrogen) atoms. The molecule has 0 aliphatic rings. The fourth-order valence-electron chi connectivity index (χ4n) is 2.99. The Kier molecular flexibility index (Phi) is 5.46. The lowest BCUT2D eigenvalue weighted by Gasteiger charge is -2.12. The predicted octanol–water partition coefficient (Wildman–Crippen LogP) is 4.37. The molecule has 4 aromatic heterocycles. The van der Waals surface area contributed by atoms with Crippen molar-refractivity contribution in [3.8, 4) is 22.5 Å². The average Bonchev–Trinajstić information content (AvgIpc) is 3.44. The van der Waals surface area contributed by atoms with Crippen LogP contribution >= 0.6 is 0 Å². The number of aromatic amines is 1. The summed E-state index contributed by atoms with van der Waals surface area (Å²) in [5.74, 6) is 0. The molecule has 0 bridgehead atoms. The van der Waals surface area contributed by atoms with Gasteiger partial charge in [-0.2, -0.15) is 15.3 Å². The summed E-state index contributed by atoms with van der Waals surface area (Å²) >= 11 is 0. The summed E-state index contributed by atoms with van der Waals surface area (Å²) in [5, 5.41) is 15.7. The molecule has 0 saturated heterocycles. The van der Waals surface area contributed by atoms with Crippen LogP contribution in [0.25, 0.3) is 28.0 Å². The molecule has 0 radical (unpaired) electrons. The van der Waals surface area contributed by atoms with Gasteiger partial charge in [-0.05, 0) is 18.9 Å². The molecule has 1 N–H and O–H groups in total. The van der Waals surface area contributed by atoms with E-state index in [0.717, 1.165) is 40.9 Å². The highest BCUT2D eigenvalue weighted by Crippen LogP contribution is 2.27. The zero-order valence-electron chi connectivity index (χ0n) is 15.7. The van der Waals surface area contributed by atoms with E-state index < -0.39 is 0 Å². The first-order valence-corrected chi connectivity index (χ1v) is 9.18. The number of hydrogen-bond donors (Lipinski definition) is 1. The number of nitrogens with zero attached hydrogens (tertiary/aromatic N) is 6. The van der Waals surface area contributed by atoms with E-state index in [0.29, 0.717) is 6.04 Å². The lowest BCUT2D eigenvalue weighted by molar-refractivity contribution is 0.428. The monoisotopic (exact) mass is 351 g/mol. The minimum atomic E-state index is 0.414. The van der Waals surface area contributed by atoms with Crippen molar-refractivity contribution < 1.29 is 0 Å². The van der Waals surface area contributed by atoms with Crippen LogP contribution in [0.3, 0.4) is 0 Å². The third-order valence-electron chi connectivity index (χ3n) is 4.38. The van der Waals surface area contributed by atoms with Gasteiger partial charge >= 0.3 is 0 Å². The van der Waals surface area contributed by atoms with Gasteiger partial charge in [0.2, 0.25) is 0 Å². The molecule has 7 heteroatoms. The zero-order chi connectivity index (χ0) is 18.5. The fourth-order valence-corrected chi connectivity index (χ4v) is 2.99. The lowest BCUT2D eigenvalue weighted by Crippen LogP contribution is -2.06. The second kappa shape index (κ2) is 7.95. The highest BCUT2D eigenvalue weighted by atomic mass is 15.3. The summed E-state index contributed by atoms with van der Waals surface area (Å²) in [4.78, 5) is 4.84. The van der Waals surface area contributed by atoms with Gasteiger partial charge in [-0.3, -0.25) is 9.78 Å². The lowest BCUT2D eigenvalue weighted by atomic mass is 10.1. The third kappa shape index (κ3) is 3.24. The van der Waals surface area contributed by atoms with E-state index in [-0.39, 0.29) is 0 Å². The van der Waals surface area contributed by atoms with Crippen molar-refractivity contribution >= 4 is 5.52 Å². The smallest absolute Gasteiger partial charge is 0.0999 e. The van der Waals surface area contributed by atoms with Gasteiger partial charge in [0.15, 0.2) is 0 Å². The van der Waals surface area contributed by atoms with Crippen molar-refractivity contribution in [1.29, 1.82) is 0 Å². The Morgan fingerprint density at radius 1 is 1.04 bits per heavy atom. The molecule has 0 unspecified atom stereocenters. The summed E-state index contributed by atoms with van der Waals surface area (Å²) in [7, 11) is 0. The van der Waals surface area contributed by atoms with E-state index in [1.54, 1.807) is 12.4 Å². The standard InChI is InChI=1S/C17H19N7.C2H6/c1-3-14(4-2)23-10-13(9-21-23)17-16-5-6-20-24(16)11-15(22-17)12-7-18-19-8-12;1-2/h5-11,14H,3-4H2,1-2H3,(H,18,19);1-2H3. The second-order valence-electron chi connectivity index (χ2n) is 5.80. The number of aromatic nitrogens is 7. The Bertz CT molecular complexity index is 946. The second-order valence-corrected chi connectivity index (χ2v) is 5.80. The first kappa shape index (κ1) is 17.8. The van der Waals surface area contributed by atoms with E-state index in [1.807, 2.05) is 47.7 Å². The highest BCUT2D eigenvalue weighted by Gasteiger charge is 2.15.